The first kappa shape index (κ1) is 11.9. The van der Waals surface area contributed by atoms with E-state index in [9.17, 15) is 9.59 Å². The van der Waals surface area contributed by atoms with Gasteiger partial charge in [-0.05, 0) is 13.8 Å². The fourth-order valence-electron chi connectivity index (χ4n) is 0.600. The number of ether oxygens (including phenoxy) is 1. The minimum Gasteiger partial charge on any atom is -0.481 e. The molecular weight excluding hydrogens is 176 g/mol. The number of rotatable bonds is 5. The fourth-order valence-corrected chi connectivity index (χ4v) is 0.600. The average molecular weight is 190 g/mol. The molecule has 0 atom stereocenters. The molecule has 0 fully saturated rings. The van der Waals surface area contributed by atoms with Crippen molar-refractivity contribution in [2.75, 3.05) is 6.61 Å². The van der Waals surface area contributed by atoms with E-state index in [0.29, 0.717) is 0 Å². The number of carbonyl (C=O) groups excluding carboxylic acids is 1. The van der Waals surface area contributed by atoms with E-state index in [1.807, 2.05) is 0 Å². The van der Waals surface area contributed by atoms with Gasteiger partial charge < -0.3 is 14.9 Å². The topological polar surface area (TPSA) is 83.8 Å². The normalized spacial score (nSPS) is 11.0. The lowest BCUT2D eigenvalue weighted by molar-refractivity contribution is -0.161. The summed E-state index contributed by atoms with van der Waals surface area (Å²) in [5.74, 6) is -1.65. The Hall–Kier alpha value is -1.10. The van der Waals surface area contributed by atoms with Crippen LogP contribution in [0.3, 0.4) is 0 Å². The van der Waals surface area contributed by atoms with Crippen molar-refractivity contribution in [3.05, 3.63) is 0 Å². The van der Waals surface area contributed by atoms with Crippen molar-refractivity contribution in [2.24, 2.45) is 0 Å². The summed E-state index contributed by atoms with van der Waals surface area (Å²) >= 11 is 0. The van der Waals surface area contributed by atoms with Crippen LogP contribution >= 0.6 is 0 Å². The minimum atomic E-state index is -1.04. The van der Waals surface area contributed by atoms with Gasteiger partial charge in [-0.1, -0.05) is 0 Å². The zero-order chi connectivity index (χ0) is 10.5. The highest BCUT2D eigenvalue weighted by Gasteiger charge is 2.21. The zero-order valence-corrected chi connectivity index (χ0v) is 7.74. The second-order valence-corrected chi connectivity index (χ2v) is 3.29. The zero-order valence-electron chi connectivity index (χ0n) is 7.74. The van der Waals surface area contributed by atoms with Crippen LogP contribution in [-0.4, -0.2) is 34.4 Å². The Morgan fingerprint density at radius 1 is 1.31 bits per heavy atom. The van der Waals surface area contributed by atoms with E-state index in [1.54, 1.807) is 13.8 Å². The van der Waals surface area contributed by atoms with Crippen LogP contribution in [0.1, 0.15) is 26.7 Å². The van der Waals surface area contributed by atoms with Crippen LogP contribution in [0.2, 0.25) is 0 Å². The largest absolute Gasteiger partial charge is 0.481 e. The molecule has 0 rings (SSSR count). The van der Waals surface area contributed by atoms with E-state index in [1.165, 1.54) is 0 Å². The van der Waals surface area contributed by atoms with Gasteiger partial charge in [0, 0.05) is 0 Å². The molecule has 0 bridgehead atoms. The van der Waals surface area contributed by atoms with Crippen LogP contribution in [0, 0.1) is 0 Å². The maximum absolute atomic E-state index is 10.9. The molecule has 13 heavy (non-hydrogen) atoms. The van der Waals surface area contributed by atoms with Gasteiger partial charge in [0.2, 0.25) is 0 Å². The molecule has 0 saturated carbocycles. The van der Waals surface area contributed by atoms with Gasteiger partial charge in [-0.3, -0.25) is 9.59 Å². The number of carboxylic acids is 1. The summed E-state index contributed by atoms with van der Waals surface area (Å²) in [5.41, 5.74) is -0.935. The molecule has 5 nitrogen and oxygen atoms in total. The van der Waals surface area contributed by atoms with Crippen LogP contribution in [0.5, 0.6) is 0 Å². The van der Waals surface area contributed by atoms with E-state index >= 15 is 0 Å². The lowest BCUT2D eigenvalue weighted by atomic mass is 10.1. The molecule has 0 radical (unpaired) electrons. The van der Waals surface area contributed by atoms with Gasteiger partial charge >= 0.3 is 11.9 Å². The molecule has 0 aromatic rings. The fraction of sp³-hybridized carbons (Fsp3) is 0.750. The molecule has 76 valence electrons. The molecule has 2 N–H and O–H groups in total. The quantitative estimate of drug-likeness (QED) is 0.603. The summed E-state index contributed by atoms with van der Waals surface area (Å²) in [6, 6.07) is 0. The summed E-state index contributed by atoms with van der Waals surface area (Å²) in [4.78, 5) is 21.0. The van der Waals surface area contributed by atoms with Crippen molar-refractivity contribution in [1.82, 2.24) is 0 Å². The summed E-state index contributed by atoms with van der Waals surface area (Å²) in [5, 5.41) is 17.0. The van der Waals surface area contributed by atoms with Crippen molar-refractivity contribution in [3.8, 4) is 0 Å². The van der Waals surface area contributed by atoms with Gasteiger partial charge in [0.05, 0.1) is 19.4 Å². The Labute approximate surface area is 76.3 Å². The number of esters is 1. The van der Waals surface area contributed by atoms with Gasteiger partial charge in [0.15, 0.2) is 0 Å². The Kier molecular flexibility index (Phi) is 4.40. The third kappa shape index (κ3) is 6.10. The average Bonchev–Trinajstić information content (AvgIpc) is 2.00. The highest BCUT2D eigenvalue weighted by molar-refractivity contribution is 5.76. The third-order valence-corrected chi connectivity index (χ3v) is 1.31. The first-order valence-corrected chi connectivity index (χ1v) is 3.92. The number of carbonyl (C=O) groups is 2. The lowest BCUT2D eigenvalue weighted by Gasteiger charge is -2.21. The summed E-state index contributed by atoms with van der Waals surface area (Å²) in [6.45, 7) is 2.81. The predicted molar refractivity (Wildman–Crippen MR) is 44.1 cm³/mol. The Bertz CT molecular complexity index is 197. The molecule has 0 aliphatic carbocycles. The molecule has 0 aliphatic heterocycles. The van der Waals surface area contributed by atoms with Gasteiger partial charge in [-0.2, -0.15) is 0 Å². The molecule has 0 aliphatic rings. The van der Waals surface area contributed by atoms with E-state index in [4.69, 9.17) is 14.9 Å². The highest BCUT2D eigenvalue weighted by atomic mass is 16.6. The highest BCUT2D eigenvalue weighted by Crippen LogP contribution is 2.09. The Morgan fingerprint density at radius 2 is 1.85 bits per heavy atom. The smallest absolute Gasteiger partial charge is 0.306 e. The van der Waals surface area contributed by atoms with E-state index < -0.39 is 17.5 Å². The standard InChI is InChI=1S/C8H14O5/c1-8(2,5-9)13-7(12)4-3-6(10)11/h9H,3-5H2,1-2H3,(H,10,11). The number of carboxylic acid groups (broad SMARTS) is 1. The van der Waals surface area contributed by atoms with E-state index in [2.05, 4.69) is 0 Å². The maximum Gasteiger partial charge on any atom is 0.306 e. The maximum atomic E-state index is 10.9. The number of aliphatic hydroxyl groups excluding tert-OH is 1. The molecule has 0 aromatic heterocycles. The number of hydrogen-bond acceptors (Lipinski definition) is 4. The molecule has 0 unspecified atom stereocenters. The second-order valence-electron chi connectivity index (χ2n) is 3.29. The van der Waals surface area contributed by atoms with Crippen molar-refractivity contribution >= 4 is 11.9 Å². The number of hydrogen-bond donors (Lipinski definition) is 2. The summed E-state index contributed by atoms with van der Waals surface area (Å²) in [7, 11) is 0. The van der Waals surface area contributed by atoms with Crippen molar-refractivity contribution in [2.45, 2.75) is 32.3 Å². The van der Waals surface area contributed by atoms with Gasteiger partial charge in [0.1, 0.15) is 5.60 Å². The molecule has 0 saturated heterocycles. The monoisotopic (exact) mass is 190 g/mol. The molecular formula is C8H14O5. The van der Waals surface area contributed by atoms with Crippen molar-refractivity contribution < 1.29 is 24.5 Å². The van der Waals surface area contributed by atoms with Crippen molar-refractivity contribution in [1.29, 1.82) is 0 Å². The summed E-state index contributed by atoms with van der Waals surface area (Å²) < 4.78 is 4.79. The van der Waals surface area contributed by atoms with Crippen LogP contribution in [0.25, 0.3) is 0 Å². The molecule has 0 spiro atoms. The first-order chi connectivity index (χ1) is 5.87. The van der Waals surface area contributed by atoms with Crippen LogP contribution < -0.4 is 0 Å². The Balaban J connectivity index is 3.81. The van der Waals surface area contributed by atoms with Crippen LogP contribution in [0.15, 0.2) is 0 Å². The second kappa shape index (κ2) is 4.81. The SMILES string of the molecule is CC(C)(CO)OC(=O)CCC(=O)O. The molecule has 5 heteroatoms. The van der Waals surface area contributed by atoms with Gasteiger partial charge in [-0.25, -0.2) is 0 Å². The third-order valence-electron chi connectivity index (χ3n) is 1.31. The van der Waals surface area contributed by atoms with E-state index in [-0.39, 0.29) is 19.4 Å². The number of aliphatic carboxylic acids is 1. The Morgan fingerprint density at radius 3 is 2.23 bits per heavy atom. The van der Waals surface area contributed by atoms with E-state index in [0.717, 1.165) is 0 Å². The predicted octanol–water partition coefficient (Wildman–Crippen LogP) is 0.165. The van der Waals surface area contributed by atoms with Crippen molar-refractivity contribution in [3.63, 3.8) is 0 Å². The molecule has 0 aromatic carbocycles. The number of aliphatic hydroxyl groups is 1. The van der Waals surface area contributed by atoms with Crippen LogP contribution in [0.4, 0.5) is 0 Å². The first-order valence-electron chi connectivity index (χ1n) is 3.92. The van der Waals surface area contributed by atoms with Gasteiger partial charge in [-0.15, -0.1) is 0 Å². The summed E-state index contributed by atoms with van der Waals surface area (Å²) in [6.07, 6.45) is -0.418. The molecule has 0 heterocycles. The lowest BCUT2D eigenvalue weighted by Crippen LogP contribution is -2.32. The minimum absolute atomic E-state index is 0.168. The van der Waals surface area contributed by atoms with Gasteiger partial charge in [0.25, 0.3) is 0 Å². The van der Waals surface area contributed by atoms with Crippen LogP contribution in [-0.2, 0) is 14.3 Å². The molecule has 0 amide bonds.